The second-order valence-corrected chi connectivity index (χ2v) is 3.54. The number of ether oxygens (including phenoxy) is 2. The molecule has 4 nitrogen and oxygen atoms in total. The third-order valence-electron chi connectivity index (χ3n) is 2.29. The Labute approximate surface area is 94.9 Å². The van der Waals surface area contributed by atoms with Gasteiger partial charge in [0.25, 0.3) is 0 Å². The molecule has 0 saturated heterocycles. The first-order valence-corrected chi connectivity index (χ1v) is 5.36. The highest BCUT2D eigenvalue weighted by molar-refractivity contribution is 5.97. The van der Waals surface area contributed by atoms with Gasteiger partial charge in [-0.15, -0.1) is 0 Å². The van der Waals surface area contributed by atoms with Crippen molar-refractivity contribution < 1.29 is 19.1 Å². The lowest BCUT2D eigenvalue weighted by atomic mass is 9.97. The monoisotopic (exact) mass is 224 g/mol. The summed E-state index contributed by atoms with van der Waals surface area (Å²) in [5, 5.41) is 0. The molecule has 1 rings (SSSR count). The summed E-state index contributed by atoms with van der Waals surface area (Å²) in [6.07, 6.45) is 6.39. The molecule has 0 aliphatic heterocycles. The van der Waals surface area contributed by atoms with Gasteiger partial charge in [-0.25, -0.2) is 4.79 Å². The van der Waals surface area contributed by atoms with E-state index >= 15 is 0 Å². The molecule has 0 aromatic carbocycles. The molecule has 0 saturated carbocycles. The van der Waals surface area contributed by atoms with E-state index in [0.29, 0.717) is 0 Å². The van der Waals surface area contributed by atoms with Crippen LogP contribution < -0.4 is 0 Å². The Balaban J connectivity index is 2.26. The zero-order valence-electron chi connectivity index (χ0n) is 9.24. The first-order chi connectivity index (χ1) is 7.74. The van der Waals surface area contributed by atoms with Crippen molar-refractivity contribution in [3.63, 3.8) is 0 Å². The Kier molecular flexibility index (Phi) is 5.32. The fourth-order valence-corrected chi connectivity index (χ4v) is 1.48. The first kappa shape index (κ1) is 12.5. The van der Waals surface area contributed by atoms with Crippen LogP contribution in [0.5, 0.6) is 0 Å². The van der Waals surface area contributed by atoms with E-state index < -0.39 is 6.16 Å². The van der Waals surface area contributed by atoms with Crippen molar-refractivity contribution in [2.24, 2.45) is 0 Å². The number of hydrogen-bond donors (Lipinski definition) is 0. The molecule has 1 aliphatic carbocycles. The van der Waals surface area contributed by atoms with Crippen molar-refractivity contribution in [2.75, 3.05) is 13.2 Å². The Morgan fingerprint density at radius 1 is 1.38 bits per heavy atom. The first-order valence-electron chi connectivity index (χ1n) is 5.36. The van der Waals surface area contributed by atoms with E-state index in [1.807, 2.05) is 6.08 Å². The van der Waals surface area contributed by atoms with E-state index in [2.05, 4.69) is 16.1 Å². The van der Waals surface area contributed by atoms with Gasteiger partial charge in [-0.1, -0.05) is 18.7 Å². The van der Waals surface area contributed by atoms with Crippen molar-refractivity contribution in [3.8, 4) is 0 Å². The summed E-state index contributed by atoms with van der Waals surface area (Å²) >= 11 is 0. The van der Waals surface area contributed by atoms with Crippen LogP contribution in [0.2, 0.25) is 0 Å². The minimum Gasteiger partial charge on any atom is -0.430 e. The van der Waals surface area contributed by atoms with Crippen molar-refractivity contribution >= 4 is 11.9 Å². The summed E-state index contributed by atoms with van der Waals surface area (Å²) in [6, 6.07) is 0. The number of ketones is 1. The summed E-state index contributed by atoms with van der Waals surface area (Å²) in [4.78, 5) is 22.5. The van der Waals surface area contributed by atoms with Gasteiger partial charge in [0, 0.05) is 0 Å². The molecule has 0 bridgehead atoms. The standard InChI is InChI=1S/C12H16O4/c1-2-8-15-12(14)16-9-11(13)10-6-4-3-5-7-10/h2,6H,1,3-5,7-9H2. The van der Waals surface area contributed by atoms with Gasteiger partial charge in [0.15, 0.2) is 12.4 Å². The zero-order valence-corrected chi connectivity index (χ0v) is 9.24. The van der Waals surface area contributed by atoms with Gasteiger partial charge >= 0.3 is 6.16 Å². The van der Waals surface area contributed by atoms with E-state index in [1.54, 1.807) is 0 Å². The molecule has 0 spiro atoms. The summed E-state index contributed by atoms with van der Waals surface area (Å²) in [5.41, 5.74) is 0.766. The second-order valence-electron chi connectivity index (χ2n) is 3.54. The van der Waals surface area contributed by atoms with Crippen LogP contribution in [0.25, 0.3) is 0 Å². The fourth-order valence-electron chi connectivity index (χ4n) is 1.48. The summed E-state index contributed by atoms with van der Waals surface area (Å²) in [5.74, 6) is -0.129. The highest BCUT2D eigenvalue weighted by atomic mass is 16.7. The van der Waals surface area contributed by atoms with Gasteiger partial charge in [0.05, 0.1) is 0 Å². The summed E-state index contributed by atoms with van der Waals surface area (Å²) in [7, 11) is 0. The Hall–Kier alpha value is -1.58. The Morgan fingerprint density at radius 3 is 2.81 bits per heavy atom. The van der Waals surface area contributed by atoms with Gasteiger partial charge < -0.3 is 9.47 Å². The lowest BCUT2D eigenvalue weighted by molar-refractivity contribution is -0.119. The molecule has 88 valence electrons. The van der Waals surface area contributed by atoms with Gasteiger partial charge in [-0.05, 0) is 31.3 Å². The quantitative estimate of drug-likeness (QED) is 0.531. The van der Waals surface area contributed by atoms with Crippen LogP contribution in [0, 0.1) is 0 Å². The number of rotatable bonds is 5. The van der Waals surface area contributed by atoms with E-state index in [-0.39, 0.29) is 19.0 Å². The Bertz CT molecular complexity index is 304. The molecule has 0 radical (unpaired) electrons. The van der Waals surface area contributed by atoms with E-state index in [4.69, 9.17) is 0 Å². The number of hydrogen-bond acceptors (Lipinski definition) is 4. The minimum atomic E-state index is -0.829. The normalized spacial score (nSPS) is 14.9. The summed E-state index contributed by atoms with van der Waals surface area (Å²) in [6.45, 7) is 3.25. The van der Waals surface area contributed by atoms with Crippen LogP contribution in [0.4, 0.5) is 4.79 Å². The topological polar surface area (TPSA) is 52.6 Å². The second kappa shape index (κ2) is 6.82. The van der Waals surface area contributed by atoms with Gasteiger partial charge in [-0.2, -0.15) is 0 Å². The van der Waals surface area contributed by atoms with E-state index in [1.165, 1.54) is 6.08 Å². The van der Waals surface area contributed by atoms with Gasteiger partial charge in [0.2, 0.25) is 0 Å². The molecule has 4 heteroatoms. The van der Waals surface area contributed by atoms with Crippen LogP contribution >= 0.6 is 0 Å². The third-order valence-corrected chi connectivity index (χ3v) is 2.29. The largest absolute Gasteiger partial charge is 0.509 e. The number of allylic oxidation sites excluding steroid dienone is 1. The predicted octanol–water partition coefficient (Wildman–Crippen LogP) is 2.40. The lowest BCUT2D eigenvalue weighted by Crippen LogP contribution is -2.17. The SMILES string of the molecule is C=CCOC(=O)OCC(=O)C1=CCCCC1. The lowest BCUT2D eigenvalue weighted by Gasteiger charge is -2.11. The molecular weight excluding hydrogens is 208 g/mol. The molecule has 0 fully saturated rings. The molecule has 16 heavy (non-hydrogen) atoms. The molecule has 0 aromatic heterocycles. The van der Waals surface area contributed by atoms with Crippen LogP contribution in [0.15, 0.2) is 24.3 Å². The zero-order chi connectivity index (χ0) is 11.8. The van der Waals surface area contributed by atoms with Crippen LogP contribution in [0.1, 0.15) is 25.7 Å². The maximum Gasteiger partial charge on any atom is 0.509 e. The van der Waals surface area contributed by atoms with Crippen molar-refractivity contribution in [1.82, 2.24) is 0 Å². The van der Waals surface area contributed by atoms with Crippen molar-refractivity contribution in [3.05, 3.63) is 24.3 Å². The van der Waals surface area contributed by atoms with E-state index in [9.17, 15) is 9.59 Å². The Morgan fingerprint density at radius 2 is 2.19 bits per heavy atom. The molecule has 0 N–H and O–H groups in total. The molecular formula is C12H16O4. The van der Waals surface area contributed by atoms with Gasteiger partial charge in [0.1, 0.15) is 6.61 Å². The minimum absolute atomic E-state index is 0.0930. The summed E-state index contributed by atoms with van der Waals surface area (Å²) < 4.78 is 9.24. The average Bonchev–Trinajstić information content (AvgIpc) is 2.34. The van der Waals surface area contributed by atoms with Crippen molar-refractivity contribution in [2.45, 2.75) is 25.7 Å². The number of carbonyl (C=O) groups excluding carboxylic acids is 2. The van der Waals surface area contributed by atoms with Crippen LogP contribution in [-0.2, 0) is 14.3 Å². The molecule has 0 unspecified atom stereocenters. The maximum atomic E-state index is 11.6. The van der Waals surface area contributed by atoms with Crippen LogP contribution in [0.3, 0.4) is 0 Å². The molecule has 1 aliphatic rings. The predicted molar refractivity (Wildman–Crippen MR) is 59.1 cm³/mol. The molecule has 0 heterocycles. The maximum absolute atomic E-state index is 11.6. The number of Topliss-reactive ketones (excluding diaryl/α,β-unsaturated/α-hetero) is 1. The average molecular weight is 224 g/mol. The van der Waals surface area contributed by atoms with Gasteiger partial charge in [-0.3, -0.25) is 4.79 Å². The fraction of sp³-hybridized carbons (Fsp3) is 0.500. The molecule has 0 aromatic rings. The molecule has 0 atom stereocenters. The smallest absolute Gasteiger partial charge is 0.430 e. The third kappa shape index (κ3) is 4.29. The highest BCUT2D eigenvalue weighted by Gasteiger charge is 2.14. The van der Waals surface area contributed by atoms with Crippen molar-refractivity contribution in [1.29, 1.82) is 0 Å². The van der Waals surface area contributed by atoms with E-state index in [0.717, 1.165) is 31.3 Å². The van der Waals surface area contributed by atoms with Crippen LogP contribution in [-0.4, -0.2) is 25.2 Å². The number of carbonyl (C=O) groups is 2. The molecule has 0 amide bonds. The highest BCUT2D eigenvalue weighted by Crippen LogP contribution is 2.17.